The molecule has 0 bridgehead atoms. The van der Waals surface area contributed by atoms with Crippen molar-refractivity contribution in [2.45, 2.75) is 26.8 Å². The van der Waals surface area contributed by atoms with E-state index >= 15 is 0 Å². The van der Waals surface area contributed by atoms with Crippen molar-refractivity contribution < 1.29 is 4.79 Å². The highest BCUT2D eigenvalue weighted by molar-refractivity contribution is 9.10. The van der Waals surface area contributed by atoms with Crippen LogP contribution in [-0.4, -0.2) is 23.5 Å². The Morgan fingerprint density at radius 3 is 2.82 bits per heavy atom. The summed E-state index contributed by atoms with van der Waals surface area (Å²) in [5, 5.41) is 5.75. The Morgan fingerprint density at radius 1 is 1.59 bits per heavy atom. The molecule has 0 saturated heterocycles. The molecule has 0 aliphatic rings. The lowest BCUT2D eigenvalue weighted by Crippen LogP contribution is -2.35. The number of nitrogens with zero attached hydrogens (tertiary/aromatic N) is 1. The van der Waals surface area contributed by atoms with E-state index in [2.05, 4.69) is 31.5 Å². The number of carbonyl (C=O) groups is 1. The monoisotopic (exact) mass is 300 g/mol. The van der Waals surface area contributed by atoms with Gasteiger partial charge in [0.1, 0.15) is 5.82 Å². The van der Waals surface area contributed by atoms with Crippen molar-refractivity contribution in [3.8, 4) is 0 Å². The van der Waals surface area contributed by atoms with Crippen LogP contribution >= 0.6 is 15.9 Å². The summed E-state index contributed by atoms with van der Waals surface area (Å²) in [7, 11) is 0. The van der Waals surface area contributed by atoms with Crippen LogP contribution in [0.4, 0.5) is 11.5 Å². The highest BCUT2D eigenvalue weighted by atomic mass is 79.9. The maximum Gasteiger partial charge on any atom is 0.239 e. The SMILES string of the molecule is Cc1c(N)cnc(NCC(=O)NC(C)C)c1Br. The molecule has 6 heteroatoms. The highest BCUT2D eigenvalue weighted by Gasteiger charge is 2.09. The van der Waals surface area contributed by atoms with E-state index in [-0.39, 0.29) is 18.5 Å². The summed E-state index contributed by atoms with van der Waals surface area (Å²) in [4.78, 5) is 15.6. The molecule has 1 aromatic rings. The summed E-state index contributed by atoms with van der Waals surface area (Å²) in [5.41, 5.74) is 7.24. The second kappa shape index (κ2) is 5.86. The highest BCUT2D eigenvalue weighted by Crippen LogP contribution is 2.27. The number of carbonyl (C=O) groups excluding carboxylic acids is 1. The van der Waals surface area contributed by atoms with Gasteiger partial charge < -0.3 is 16.4 Å². The van der Waals surface area contributed by atoms with E-state index in [1.807, 2.05) is 20.8 Å². The Morgan fingerprint density at radius 2 is 2.24 bits per heavy atom. The number of nitrogen functional groups attached to an aromatic ring is 1. The number of nitrogens with one attached hydrogen (secondary N) is 2. The Balaban J connectivity index is 2.64. The molecule has 0 aromatic carbocycles. The number of amides is 1. The third-order valence-electron chi connectivity index (χ3n) is 2.17. The summed E-state index contributed by atoms with van der Waals surface area (Å²) in [6.07, 6.45) is 1.57. The first-order chi connectivity index (χ1) is 7.91. The van der Waals surface area contributed by atoms with Crippen molar-refractivity contribution in [2.75, 3.05) is 17.6 Å². The third-order valence-corrected chi connectivity index (χ3v) is 3.14. The smallest absolute Gasteiger partial charge is 0.239 e. The van der Waals surface area contributed by atoms with Crippen molar-refractivity contribution in [3.05, 3.63) is 16.2 Å². The Labute approximate surface area is 109 Å². The van der Waals surface area contributed by atoms with E-state index in [1.54, 1.807) is 6.20 Å². The zero-order valence-corrected chi connectivity index (χ0v) is 11.8. The molecule has 4 N–H and O–H groups in total. The van der Waals surface area contributed by atoms with Gasteiger partial charge in [0.25, 0.3) is 0 Å². The number of rotatable bonds is 4. The fourth-order valence-corrected chi connectivity index (χ4v) is 1.72. The molecule has 0 unspecified atom stereocenters. The second-order valence-electron chi connectivity index (χ2n) is 4.08. The molecule has 94 valence electrons. The standard InChI is InChI=1S/C11H17BrN4O/c1-6(2)16-9(17)5-15-11-10(12)7(3)8(13)4-14-11/h4,6H,5,13H2,1-3H3,(H,14,15)(H,16,17). The van der Waals surface area contributed by atoms with E-state index in [4.69, 9.17) is 5.73 Å². The number of anilines is 2. The lowest BCUT2D eigenvalue weighted by atomic mass is 10.2. The van der Waals surface area contributed by atoms with Crippen LogP contribution in [0, 0.1) is 6.92 Å². The number of pyridine rings is 1. The van der Waals surface area contributed by atoms with Gasteiger partial charge in [0.05, 0.1) is 22.9 Å². The Hall–Kier alpha value is -1.30. The molecule has 1 amide bonds. The predicted molar refractivity (Wildman–Crippen MR) is 72.9 cm³/mol. The average Bonchev–Trinajstić information content (AvgIpc) is 2.24. The molecule has 0 fully saturated rings. The summed E-state index contributed by atoms with van der Waals surface area (Å²) in [5.74, 6) is 0.554. The van der Waals surface area contributed by atoms with Gasteiger partial charge in [-0.1, -0.05) is 0 Å². The topological polar surface area (TPSA) is 80.0 Å². The summed E-state index contributed by atoms with van der Waals surface area (Å²) < 4.78 is 0.787. The first-order valence-electron chi connectivity index (χ1n) is 5.35. The van der Waals surface area contributed by atoms with Gasteiger partial charge in [0.2, 0.25) is 5.91 Å². The molecule has 1 heterocycles. The molecule has 1 aromatic heterocycles. The van der Waals surface area contributed by atoms with Crippen LogP contribution in [0.5, 0.6) is 0 Å². The van der Waals surface area contributed by atoms with Gasteiger partial charge >= 0.3 is 0 Å². The number of hydrogen-bond acceptors (Lipinski definition) is 4. The van der Waals surface area contributed by atoms with Gasteiger partial charge in [-0.2, -0.15) is 0 Å². The van der Waals surface area contributed by atoms with Gasteiger partial charge in [-0.05, 0) is 42.3 Å². The van der Waals surface area contributed by atoms with Gasteiger partial charge in [0.15, 0.2) is 0 Å². The normalized spacial score (nSPS) is 10.4. The van der Waals surface area contributed by atoms with Crippen LogP contribution in [-0.2, 0) is 4.79 Å². The predicted octanol–water partition coefficient (Wildman–Crippen LogP) is 1.67. The van der Waals surface area contributed by atoms with E-state index in [0.717, 1.165) is 10.0 Å². The fourth-order valence-electron chi connectivity index (χ4n) is 1.25. The van der Waals surface area contributed by atoms with Gasteiger partial charge in [-0.15, -0.1) is 0 Å². The zero-order chi connectivity index (χ0) is 13.0. The van der Waals surface area contributed by atoms with Crippen LogP contribution in [0.15, 0.2) is 10.7 Å². The number of nitrogens with two attached hydrogens (primary N) is 1. The molecule has 0 saturated carbocycles. The molecule has 0 aliphatic carbocycles. The maximum atomic E-state index is 11.4. The molecule has 17 heavy (non-hydrogen) atoms. The first kappa shape index (κ1) is 13.8. The van der Waals surface area contributed by atoms with Crippen LogP contribution < -0.4 is 16.4 Å². The number of aromatic nitrogens is 1. The van der Waals surface area contributed by atoms with E-state index in [1.165, 1.54) is 0 Å². The van der Waals surface area contributed by atoms with Crippen LogP contribution in [0.3, 0.4) is 0 Å². The summed E-state index contributed by atoms with van der Waals surface area (Å²) in [6.45, 7) is 5.91. The minimum atomic E-state index is -0.0665. The van der Waals surface area contributed by atoms with E-state index in [9.17, 15) is 4.79 Å². The average molecular weight is 301 g/mol. The van der Waals surface area contributed by atoms with Crippen LogP contribution in [0.2, 0.25) is 0 Å². The van der Waals surface area contributed by atoms with Gasteiger partial charge in [-0.25, -0.2) is 4.98 Å². The Bertz CT molecular complexity index is 420. The quantitative estimate of drug-likeness (QED) is 0.790. The third kappa shape index (κ3) is 3.89. The molecule has 0 aliphatic heterocycles. The molecular formula is C11H17BrN4O. The molecule has 1 rings (SSSR count). The number of hydrogen-bond donors (Lipinski definition) is 3. The summed E-state index contributed by atoms with van der Waals surface area (Å²) in [6, 6.07) is 0.133. The second-order valence-corrected chi connectivity index (χ2v) is 4.87. The van der Waals surface area contributed by atoms with Crippen LogP contribution in [0.25, 0.3) is 0 Å². The molecule has 0 atom stereocenters. The minimum Gasteiger partial charge on any atom is -0.397 e. The van der Waals surface area contributed by atoms with Crippen molar-refractivity contribution >= 4 is 33.3 Å². The maximum absolute atomic E-state index is 11.4. The molecule has 0 radical (unpaired) electrons. The molecule has 0 spiro atoms. The summed E-state index contributed by atoms with van der Waals surface area (Å²) >= 11 is 3.40. The van der Waals surface area contributed by atoms with Gasteiger partial charge in [0, 0.05) is 6.04 Å². The largest absolute Gasteiger partial charge is 0.397 e. The van der Waals surface area contributed by atoms with E-state index in [0.29, 0.717) is 11.5 Å². The van der Waals surface area contributed by atoms with E-state index < -0.39 is 0 Å². The van der Waals surface area contributed by atoms with Crippen molar-refractivity contribution in [3.63, 3.8) is 0 Å². The fraction of sp³-hybridized carbons (Fsp3) is 0.455. The minimum absolute atomic E-state index is 0.0665. The van der Waals surface area contributed by atoms with Crippen LogP contribution in [0.1, 0.15) is 19.4 Å². The van der Waals surface area contributed by atoms with Crippen molar-refractivity contribution in [1.82, 2.24) is 10.3 Å². The van der Waals surface area contributed by atoms with Gasteiger partial charge in [-0.3, -0.25) is 4.79 Å². The van der Waals surface area contributed by atoms with Crippen molar-refractivity contribution in [2.24, 2.45) is 0 Å². The Kier molecular flexibility index (Phi) is 4.74. The lowest BCUT2D eigenvalue weighted by molar-refractivity contribution is -0.119. The lowest BCUT2D eigenvalue weighted by Gasteiger charge is -2.12. The van der Waals surface area contributed by atoms with Crippen molar-refractivity contribution in [1.29, 1.82) is 0 Å². The first-order valence-corrected chi connectivity index (χ1v) is 6.15. The zero-order valence-electron chi connectivity index (χ0n) is 10.2. The molecular weight excluding hydrogens is 284 g/mol. The number of halogens is 1. The molecule has 5 nitrogen and oxygen atoms in total.